The highest BCUT2D eigenvalue weighted by atomic mass is 79.9. The largest absolute Gasteiger partial charge is 0.312 e. The van der Waals surface area contributed by atoms with Crippen molar-refractivity contribution in [1.82, 2.24) is 5.32 Å². The van der Waals surface area contributed by atoms with Crippen molar-refractivity contribution in [1.29, 1.82) is 0 Å². The Kier molecular flexibility index (Phi) is 4.06. The molecule has 1 aliphatic carbocycles. The molecule has 0 saturated carbocycles. The quantitative estimate of drug-likeness (QED) is 0.814. The van der Waals surface area contributed by atoms with Gasteiger partial charge in [0.1, 0.15) is 0 Å². The molecule has 2 aromatic rings. The van der Waals surface area contributed by atoms with E-state index in [0.717, 1.165) is 22.0 Å². The Morgan fingerprint density at radius 2 is 1.89 bits per heavy atom. The Bertz CT molecular complexity index is 595. The van der Waals surface area contributed by atoms with Gasteiger partial charge >= 0.3 is 0 Å². The van der Waals surface area contributed by atoms with Crippen LogP contribution in [0.5, 0.6) is 0 Å². The summed E-state index contributed by atoms with van der Waals surface area (Å²) in [5, 5.41) is 3.56. The first-order valence-electron chi connectivity index (χ1n) is 6.46. The monoisotopic (exact) mass is 379 g/mol. The smallest absolute Gasteiger partial charge is 0.0320 e. The first kappa shape index (κ1) is 13.3. The molecule has 1 aliphatic rings. The van der Waals surface area contributed by atoms with E-state index in [4.69, 9.17) is 0 Å². The van der Waals surface area contributed by atoms with E-state index in [0.29, 0.717) is 5.92 Å². The molecular weight excluding hydrogens is 366 g/mol. The average molecular weight is 381 g/mol. The second-order valence-corrected chi connectivity index (χ2v) is 6.69. The predicted octanol–water partition coefficient (Wildman–Crippen LogP) is 4.64. The van der Waals surface area contributed by atoms with Gasteiger partial charge in [0, 0.05) is 28.0 Å². The average Bonchev–Trinajstić information content (AvgIpc) is 2.39. The standard InChI is InChI=1S/C16H15Br2N/c17-15-6-5-11(7-16(15)18)9-19-10-13-8-12-3-1-2-4-14(12)13/h1-7,13,19H,8-10H2. The summed E-state index contributed by atoms with van der Waals surface area (Å²) < 4.78 is 2.21. The van der Waals surface area contributed by atoms with Crippen LogP contribution in [-0.2, 0) is 13.0 Å². The summed E-state index contributed by atoms with van der Waals surface area (Å²) in [7, 11) is 0. The Morgan fingerprint density at radius 1 is 1.05 bits per heavy atom. The van der Waals surface area contributed by atoms with Gasteiger partial charge in [-0.05, 0) is 67.1 Å². The Balaban J connectivity index is 1.53. The van der Waals surface area contributed by atoms with E-state index >= 15 is 0 Å². The number of hydrogen-bond donors (Lipinski definition) is 1. The first-order chi connectivity index (χ1) is 9.24. The minimum absolute atomic E-state index is 0.690. The zero-order valence-corrected chi connectivity index (χ0v) is 13.7. The lowest BCUT2D eigenvalue weighted by Crippen LogP contribution is -2.28. The van der Waals surface area contributed by atoms with Gasteiger partial charge < -0.3 is 5.32 Å². The summed E-state index contributed by atoms with van der Waals surface area (Å²) in [6.07, 6.45) is 1.22. The van der Waals surface area contributed by atoms with Crippen molar-refractivity contribution in [2.75, 3.05) is 6.54 Å². The summed E-state index contributed by atoms with van der Waals surface area (Å²) in [5.41, 5.74) is 4.34. The molecule has 0 heterocycles. The number of nitrogens with one attached hydrogen (secondary N) is 1. The minimum atomic E-state index is 0.690. The van der Waals surface area contributed by atoms with Crippen LogP contribution in [0.3, 0.4) is 0 Å². The van der Waals surface area contributed by atoms with E-state index < -0.39 is 0 Å². The van der Waals surface area contributed by atoms with Crippen LogP contribution in [0, 0.1) is 0 Å². The maximum atomic E-state index is 3.56. The van der Waals surface area contributed by atoms with Gasteiger partial charge in [0.25, 0.3) is 0 Å². The van der Waals surface area contributed by atoms with E-state index in [-0.39, 0.29) is 0 Å². The molecule has 19 heavy (non-hydrogen) atoms. The van der Waals surface area contributed by atoms with Crippen LogP contribution in [0.1, 0.15) is 22.6 Å². The highest BCUT2D eigenvalue weighted by molar-refractivity contribution is 9.13. The molecule has 0 aliphatic heterocycles. The van der Waals surface area contributed by atoms with Crippen LogP contribution in [0.2, 0.25) is 0 Å². The van der Waals surface area contributed by atoms with E-state index in [2.05, 4.69) is 79.6 Å². The summed E-state index contributed by atoms with van der Waals surface area (Å²) >= 11 is 7.03. The molecule has 0 amide bonds. The van der Waals surface area contributed by atoms with E-state index in [9.17, 15) is 0 Å². The fourth-order valence-corrected chi connectivity index (χ4v) is 3.26. The summed E-state index contributed by atoms with van der Waals surface area (Å²) in [6.45, 7) is 1.98. The first-order valence-corrected chi connectivity index (χ1v) is 8.05. The van der Waals surface area contributed by atoms with Crippen molar-refractivity contribution < 1.29 is 0 Å². The maximum absolute atomic E-state index is 3.56. The van der Waals surface area contributed by atoms with E-state index in [1.54, 1.807) is 0 Å². The van der Waals surface area contributed by atoms with Gasteiger partial charge in [0.15, 0.2) is 0 Å². The molecule has 0 fully saturated rings. The molecule has 0 bridgehead atoms. The topological polar surface area (TPSA) is 12.0 Å². The highest BCUT2D eigenvalue weighted by Crippen LogP contribution is 2.34. The summed E-state index contributed by atoms with van der Waals surface area (Å²) in [5.74, 6) is 0.690. The number of benzene rings is 2. The van der Waals surface area contributed by atoms with E-state index in [1.165, 1.54) is 23.1 Å². The molecule has 3 rings (SSSR count). The lowest BCUT2D eigenvalue weighted by atomic mass is 9.77. The molecule has 1 N–H and O–H groups in total. The normalized spacial score (nSPS) is 16.8. The molecule has 0 spiro atoms. The molecule has 0 saturated heterocycles. The maximum Gasteiger partial charge on any atom is 0.0320 e. The van der Waals surface area contributed by atoms with Crippen molar-refractivity contribution in [3.63, 3.8) is 0 Å². The lowest BCUT2D eigenvalue weighted by molar-refractivity contribution is 0.535. The number of hydrogen-bond acceptors (Lipinski definition) is 1. The van der Waals surface area contributed by atoms with Crippen LogP contribution in [-0.4, -0.2) is 6.54 Å². The number of halogens is 2. The van der Waals surface area contributed by atoms with Crippen LogP contribution >= 0.6 is 31.9 Å². The predicted molar refractivity (Wildman–Crippen MR) is 86.4 cm³/mol. The summed E-state index contributed by atoms with van der Waals surface area (Å²) in [6, 6.07) is 15.1. The number of fused-ring (bicyclic) bond motifs is 1. The second-order valence-electron chi connectivity index (χ2n) is 4.98. The minimum Gasteiger partial charge on any atom is -0.312 e. The van der Waals surface area contributed by atoms with E-state index in [1.807, 2.05) is 0 Å². The van der Waals surface area contributed by atoms with Gasteiger partial charge in [-0.25, -0.2) is 0 Å². The molecule has 98 valence electrons. The fraction of sp³-hybridized carbons (Fsp3) is 0.250. The molecule has 3 heteroatoms. The molecule has 1 atom stereocenters. The summed E-state index contributed by atoms with van der Waals surface area (Å²) in [4.78, 5) is 0. The molecule has 1 unspecified atom stereocenters. The third kappa shape index (κ3) is 2.93. The molecule has 2 aromatic carbocycles. The van der Waals surface area contributed by atoms with Crippen LogP contribution in [0.25, 0.3) is 0 Å². The zero-order valence-electron chi connectivity index (χ0n) is 10.5. The van der Waals surface area contributed by atoms with Gasteiger partial charge in [0.05, 0.1) is 0 Å². The Morgan fingerprint density at radius 3 is 2.68 bits per heavy atom. The molecule has 1 nitrogen and oxygen atoms in total. The van der Waals surface area contributed by atoms with Crippen LogP contribution in [0.4, 0.5) is 0 Å². The van der Waals surface area contributed by atoms with Gasteiger partial charge in [0.2, 0.25) is 0 Å². The van der Waals surface area contributed by atoms with Gasteiger partial charge in [-0.1, -0.05) is 30.3 Å². The van der Waals surface area contributed by atoms with Crippen molar-refractivity contribution in [2.24, 2.45) is 0 Å². The van der Waals surface area contributed by atoms with Crippen molar-refractivity contribution >= 4 is 31.9 Å². The number of rotatable bonds is 4. The van der Waals surface area contributed by atoms with Crippen LogP contribution < -0.4 is 5.32 Å². The van der Waals surface area contributed by atoms with Crippen molar-refractivity contribution in [3.8, 4) is 0 Å². The Hall–Kier alpha value is -0.640. The molecule has 0 aromatic heterocycles. The third-order valence-electron chi connectivity index (χ3n) is 3.67. The molecule has 0 radical (unpaired) electrons. The second kappa shape index (κ2) is 5.78. The zero-order chi connectivity index (χ0) is 13.2. The van der Waals surface area contributed by atoms with Gasteiger partial charge in [-0.15, -0.1) is 0 Å². The third-order valence-corrected chi connectivity index (χ3v) is 5.54. The van der Waals surface area contributed by atoms with Crippen LogP contribution in [0.15, 0.2) is 51.4 Å². The van der Waals surface area contributed by atoms with Crippen molar-refractivity contribution in [2.45, 2.75) is 18.9 Å². The molecular formula is C16H15Br2N. The Labute approximate surface area is 130 Å². The lowest BCUT2D eigenvalue weighted by Gasteiger charge is -2.30. The SMILES string of the molecule is Brc1ccc(CNCC2Cc3ccccc32)cc1Br. The highest BCUT2D eigenvalue weighted by Gasteiger charge is 2.24. The van der Waals surface area contributed by atoms with Gasteiger partial charge in [-0.3, -0.25) is 0 Å². The fourth-order valence-electron chi connectivity index (χ4n) is 2.59. The van der Waals surface area contributed by atoms with Gasteiger partial charge in [-0.2, -0.15) is 0 Å². The van der Waals surface area contributed by atoms with Crippen molar-refractivity contribution in [3.05, 3.63) is 68.1 Å².